The van der Waals surface area contributed by atoms with E-state index in [1.807, 2.05) is 6.20 Å². The molecule has 5 rings (SSSR count). The molecular formula is C24H26ClF2N3O2. The monoisotopic (exact) mass is 461 g/mol. The van der Waals surface area contributed by atoms with Crippen LogP contribution in [0, 0.1) is 17.6 Å². The first-order chi connectivity index (χ1) is 15.0. The zero-order valence-electron chi connectivity index (χ0n) is 17.6. The van der Waals surface area contributed by atoms with Crippen LogP contribution in [-0.4, -0.2) is 41.5 Å². The van der Waals surface area contributed by atoms with Gasteiger partial charge in [-0.25, -0.2) is 8.78 Å². The summed E-state index contributed by atoms with van der Waals surface area (Å²) in [5.74, 6) is -0.486. The molecule has 32 heavy (non-hydrogen) atoms. The lowest BCUT2D eigenvalue weighted by Crippen LogP contribution is -2.45. The van der Waals surface area contributed by atoms with Gasteiger partial charge in [0.25, 0.3) is 0 Å². The summed E-state index contributed by atoms with van der Waals surface area (Å²) >= 11 is 0. The molecule has 1 aliphatic heterocycles. The molecule has 3 aromatic rings. The van der Waals surface area contributed by atoms with Gasteiger partial charge in [-0.2, -0.15) is 0 Å². The van der Waals surface area contributed by atoms with Crippen LogP contribution in [0.5, 0.6) is 5.75 Å². The third-order valence-corrected chi connectivity index (χ3v) is 6.44. The normalized spacial score (nSPS) is 17.7. The average Bonchev–Trinajstić information content (AvgIpc) is 3.49. The molecule has 0 spiro atoms. The van der Waals surface area contributed by atoms with Crippen LogP contribution in [0.25, 0.3) is 10.9 Å². The Morgan fingerprint density at radius 3 is 2.78 bits per heavy atom. The molecule has 1 atom stereocenters. The number of carbonyl (C=O) groups is 1. The van der Waals surface area contributed by atoms with Gasteiger partial charge in [-0.3, -0.25) is 9.69 Å². The lowest BCUT2D eigenvalue weighted by atomic mass is 9.95. The Morgan fingerprint density at radius 1 is 1.22 bits per heavy atom. The minimum absolute atomic E-state index is 0. The Hall–Kier alpha value is -2.64. The van der Waals surface area contributed by atoms with Gasteiger partial charge in [0.15, 0.2) is 11.6 Å². The fraction of sp³-hybridized carbons (Fsp3) is 0.375. The summed E-state index contributed by atoms with van der Waals surface area (Å²) in [4.78, 5) is 17.5. The molecule has 170 valence electrons. The summed E-state index contributed by atoms with van der Waals surface area (Å²) in [6, 6.07) is 7.46. The Balaban J connectivity index is 0.00000245. The summed E-state index contributed by atoms with van der Waals surface area (Å²) in [5, 5.41) is 0.898. The molecule has 1 amide bonds. The Bertz CT molecular complexity index is 1150. The number of aromatic amines is 1. The number of aromatic nitrogens is 1. The molecule has 0 bridgehead atoms. The number of halogens is 3. The van der Waals surface area contributed by atoms with Crippen LogP contribution in [-0.2, 0) is 12.8 Å². The summed E-state index contributed by atoms with van der Waals surface area (Å²) < 4.78 is 33.8. The van der Waals surface area contributed by atoms with Gasteiger partial charge >= 0.3 is 0 Å². The minimum Gasteiger partial charge on any atom is -0.489 e. The van der Waals surface area contributed by atoms with E-state index in [9.17, 15) is 13.6 Å². The quantitative estimate of drug-likeness (QED) is 0.553. The number of amides is 1. The number of primary amides is 1. The van der Waals surface area contributed by atoms with Crippen molar-refractivity contribution < 1.29 is 18.3 Å². The van der Waals surface area contributed by atoms with Crippen molar-refractivity contribution in [3.63, 3.8) is 0 Å². The van der Waals surface area contributed by atoms with Crippen molar-refractivity contribution in [2.45, 2.75) is 31.7 Å². The predicted octanol–water partition coefficient (Wildman–Crippen LogP) is 4.23. The fourth-order valence-electron chi connectivity index (χ4n) is 4.57. The van der Waals surface area contributed by atoms with Crippen molar-refractivity contribution in [3.05, 3.63) is 64.9 Å². The molecule has 1 aliphatic carbocycles. The third-order valence-electron chi connectivity index (χ3n) is 6.44. The van der Waals surface area contributed by atoms with Gasteiger partial charge in [-0.1, -0.05) is 0 Å². The molecule has 3 N–H and O–H groups in total. The maximum atomic E-state index is 14.3. The zero-order valence-corrected chi connectivity index (χ0v) is 18.4. The second-order valence-corrected chi connectivity index (χ2v) is 8.63. The van der Waals surface area contributed by atoms with Crippen molar-refractivity contribution in [1.82, 2.24) is 9.88 Å². The summed E-state index contributed by atoms with van der Waals surface area (Å²) in [5.41, 5.74) is 8.38. The van der Waals surface area contributed by atoms with Crippen molar-refractivity contribution in [1.29, 1.82) is 0 Å². The molecule has 1 aromatic heterocycles. The minimum atomic E-state index is -0.574. The van der Waals surface area contributed by atoms with E-state index in [-0.39, 0.29) is 30.0 Å². The van der Waals surface area contributed by atoms with E-state index < -0.39 is 11.7 Å². The molecule has 8 heteroatoms. The Morgan fingerprint density at radius 2 is 2.03 bits per heavy atom. The number of rotatable bonds is 7. The largest absolute Gasteiger partial charge is 0.489 e. The number of carbonyl (C=O) groups excluding carboxylic acids is 1. The molecule has 5 nitrogen and oxygen atoms in total. The van der Waals surface area contributed by atoms with E-state index in [2.05, 4.69) is 9.88 Å². The maximum Gasteiger partial charge on any atom is 0.249 e. The average molecular weight is 462 g/mol. The molecule has 0 saturated heterocycles. The van der Waals surface area contributed by atoms with Crippen LogP contribution in [0.2, 0.25) is 0 Å². The number of hydrogen-bond donors (Lipinski definition) is 2. The van der Waals surface area contributed by atoms with E-state index in [0.29, 0.717) is 30.1 Å². The first-order valence-electron chi connectivity index (χ1n) is 10.7. The summed E-state index contributed by atoms with van der Waals surface area (Å²) in [7, 11) is 0. The van der Waals surface area contributed by atoms with E-state index >= 15 is 0 Å². The number of ether oxygens (including phenoxy) is 1. The molecule has 2 aromatic carbocycles. The van der Waals surface area contributed by atoms with Gasteiger partial charge in [0.05, 0.1) is 0 Å². The van der Waals surface area contributed by atoms with Crippen molar-refractivity contribution in [2.75, 3.05) is 19.7 Å². The third kappa shape index (κ3) is 4.45. The molecular weight excluding hydrogens is 436 g/mol. The number of nitrogens with one attached hydrogen (secondary N) is 1. The first-order valence-corrected chi connectivity index (χ1v) is 10.7. The van der Waals surface area contributed by atoms with Gasteiger partial charge in [0.2, 0.25) is 5.91 Å². The molecule has 2 aliphatic rings. The Kier molecular flexibility index (Phi) is 6.40. The second kappa shape index (κ2) is 9.08. The molecule has 1 saturated carbocycles. The summed E-state index contributed by atoms with van der Waals surface area (Å²) in [6.45, 7) is 2.06. The standard InChI is InChI=1S/C24H25F2N3O2.ClH/c25-16-3-6-22-19(9-16)15(11-28-22)7-8-29(12-14-1-2-14)17-10-20-18(24(27)30)4-5-21(26)23(20)31-13-17;/h3-6,9,11,14,17,28H,1-2,7-8,10,12-13H2,(H2,27,30);1H. The van der Waals surface area contributed by atoms with Crippen LogP contribution in [0.4, 0.5) is 8.78 Å². The molecule has 1 fully saturated rings. The van der Waals surface area contributed by atoms with Crippen LogP contribution in [0.3, 0.4) is 0 Å². The number of benzene rings is 2. The van der Waals surface area contributed by atoms with Crippen LogP contribution in [0.1, 0.15) is 34.3 Å². The topological polar surface area (TPSA) is 71.4 Å². The van der Waals surface area contributed by atoms with Gasteiger partial charge in [-0.05, 0) is 67.5 Å². The smallest absolute Gasteiger partial charge is 0.249 e. The van der Waals surface area contributed by atoms with E-state index in [0.717, 1.165) is 36.0 Å². The number of H-pyrrole nitrogens is 1. The van der Waals surface area contributed by atoms with Crippen LogP contribution in [0.15, 0.2) is 36.5 Å². The fourth-order valence-corrected chi connectivity index (χ4v) is 4.57. The zero-order chi connectivity index (χ0) is 21.5. The van der Waals surface area contributed by atoms with Gasteiger partial charge in [-0.15, -0.1) is 12.4 Å². The van der Waals surface area contributed by atoms with Gasteiger partial charge < -0.3 is 15.5 Å². The maximum absolute atomic E-state index is 14.3. The number of hydrogen-bond acceptors (Lipinski definition) is 3. The van der Waals surface area contributed by atoms with E-state index in [1.165, 1.54) is 31.0 Å². The van der Waals surface area contributed by atoms with Crippen LogP contribution >= 0.6 is 12.4 Å². The predicted molar refractivity (Wildman–Crippen MR) is 121 cm³/mol. The van der Waals surface area contributed by atoms with Crippen molar-refractivity contribution >= 4 is 29.2 Å². The molecule has 1 unspecified atom stereocenters. The van der Waals surface area contributed by atoms with Crippen molar-refractivity contribution in [2.24, 2.45) is 11.7 Å². The van der Waals surface area contributed by atoms with Crippen LogP contribution < -0.4 is 10.5 Å². The van der Waals surface area contributed by atoms with Gasteiger partial charge in [0.1, 0.15) is 12.4 Å². The Labute approximate surface area is 191 Å². The highest BCUT2D eigenvalue weighted by molar-refractivity contribution is 5.95. The molecule has 0 radical (unpaired) electrons. The van der Waals surface area contributed by atoms with Crippen molar-refractivity contribution in [3.8, 4) is 5.75 Å². The van der Waals surface area contributed by atoms with Gasteiger partial charge in [0, 0.05) is 47.4 Å². The second-order valence-electron chi connectivity index (χ2n) is 8.63. The highest BCUT2D eigenvalue weighted by atomic mass is 35.5. The number of fused-ring (bicyclic) bond motifs is 2. The van der Waals surface area contributed by atoms with E-state index in [1.54, 1.807) is 12.1 Å². The van der Waals surface area contributed by atoms with E-state index in [4.69, 9.17) is 10.5 Å². The lowest BCUT2D eigenvalue weighted by Gasteiger charge is -2.36. The SMILES string of the molecule is Cl.NC(=O)c1ccc(F)c2c1CC(N(CCc1c[nH]c3ccc(F)cc13)CC1CC1)CO2. The highest BCUT2D eigenvalue weighted by Gasteiger charge is 2.33. The molecule has 2 heterocycles. The summed E-state index contributed by atoms with van der Waals surface area (Å²) in [6.07, 6.45) is 5.62. The number of nitrogens with zero attached hydrogens (tertiary/aromatic N) is 1. The number of nitrogens with two attached hydrogens (primary N) is 1. The highest BCUT2D eigenvalue weighted by Crippen LogP contribution is 2.35. The lowest BCUT2D eigenvalue weighted by molar-refractivity contribution is 0.0982. The first kappa shape index (κ1) is 22.6.